The lowest BCUT2D eigenvalue weighted by atomic mass is 10.1. The molecule has 2 aromatic rings. The molecule has 0 radical (unpaired) electrons. The maximum Gasteiger partial charge on any atom is 0.643 e. The zero-order valence-corrected chi connectivity index (χ0v) is 22.3. The van der Waals surface area contributed by atoms with Gasteiger partial charge in [0.1, 0.15) is 11.5 Å². The summed E-state index contributed by atoms with van der Waals surface area (Å²) in [7, 11) is 14.8. The summed E-state index contributed by atoms with van der Waals surface area (Å²) in [6.45, 7) is 11.4. The molecule has 31 heavy (non-hydrogen) atoms. The Morgan fingerprint density at radius 3 is 1.71 bits per heavy atom. The van der Waals surface area contributed by atoms with Crippen LogP contribution in [0.1, 0.15) is 72.4 Å². The Bertz CT molecular complexity index is 852. The highest BCUT2D eigenvalue weighted by atomic mass is 35.8. The molecule has 8 heteroatoms. The highest BCUT2D eigenvalue weighted by Gasteiger charge is 2.08. The van der Waals surface area contributed by atoms with Crippen LogP contribution in [0.5, 0.6) is 11.5 Å². The summed E-state index contributed by atoms with van der Waals surface area (Å²) < 4.78 is 5.63. The highest BCUT2D eigenvalue weighted by molar-refractivity contribution is 7.54. The number of ether oxygens (including phenoxy) is 1. The van der Waals surface area contributed by atoms with Crippen molar-refractivity contribution in [3.63, 3.8) is 0 Å². The van der Waals surface area contributed by atoms with Crippen LogP contribution in [0, 0.1) is 13.8 Å². The number of benzene rings is 2. The van der Waals surface area contributed by atoms with Gasteiger partial charge in [0.05, 0.1) is 6.10 Å². The average molecular weight is 504 g/mol. The van der Waals surface area contributed by atoms with E-state index in [1.165, 1.54) is 6.07 Å². The minimum Gasteiger partial charge on any atom is -0.508 e. The fourth-order valence-corrected chi connectivity index (χ4v) is 2.35. The van der Waals surface area contributed by atoms with Gasteiger partial charge in [0, 0.05) is 24.0 Å². The molecular weight excluding hydrogens is 474 g/mol. The molecule has 2 aromatic carbocycles. The first-order valence-corrected chi connectivity index (χ1v) is 15.2. The second kappa shape index (κ2) is 15.6. The van der Waals surface area contributed by atoms with Crippen molar-refractivity contribution in [1.29, 1.82) is 0 Å². The number of hydrogen-bond acceptors (Lipinski definition) is 4. The van der Waals surface area contributed by atoms with Crippen LogP contribution < -0.4 is 4.74 Å². The van der Waals surface area contributed by atoms with Crippen LogP contribution in [0.4, 0.5) is 0 Å². The lowest BCUT2D eigenvalue weighted by molar-refractivity contribution is 0.0980. The molecule has 0 aromatic heterocycles. The summed E-state index contributed by atoms with van der Waals surface area (Å²) in [5.74, 6) is 1.22. The Morgan fingerprint density at radius 2 is 1.32 bits per heavy atom. The summed E-state index contributed by atoms with van der Waals surface area (Å²) in [4.78, 5) is 22.7. The third-order valence-electron chi connectivity index (χ3n) is 4.05. The lowest BCUT2D eigenvalue weighted by Crippen LogP contribution is -2.07. The van der Waals surface area contributed by atoms with Crippen LogP contribution >= 0.6 is 30.1 Å². The van der Waals surface area contributed by atoms with Crippen molar-refractivity contribution in [3.05, 3.63) is 58.7 Å². The second-order valence-electron chi connectivity index (χ2n) is 6.95. The minimum absolute atomic E-state index is 0.0605. The van der Waals surface area contributed by atoms with Gasteiger partial charge < -0.3 is 9.84 Å². The molecule has 0 spiro atoms. The van der Waals surface area contributed by atoms with E-state index in [4.69, 9.17) is 34.9 Å². The van der Waals surface area contributed by atoms with E-state index in [0.29, 0.717) is 18.4 Å². The van der Waals surface area contributed by atoms with Crippen LogP contribution in [0.3, 0.4) is 0 Å². The second-order valence-corrected chi connectivity index (χ2v) is 13.4. The number of carbonyl (C=O) groups excluding carboxylic acids is 2. The van der Waals surface area contributed by atoms with E-state index in [-0.39, 0.29) is 23.4 Å². The summed E-state index contributed by atoms with van der Waals surface area (Å²) in [6, 6.07) is 10.6. The minimum atomic E-state index is -1.72. The number of rotatable bonds is 6. The molecule has 1 N–H and O–H groups in total. The third-order valence-corrected chi connectivity index (χ3v) is 4.05. The molecular formula is C23H30AlCl3O4. The molecule has 4 nitrogen and oxygen atoms in total. The van der Waals surface area contributed by atoms with E-state index in [0.717, 1.165) is 22.4 Å². The van der Waals surface area contributed by atoms with Gasteiger partial charge in [-0.25, -0.2) is 30.1 Å². The first-order chi connectivity index (χ1) is 14.4. The zero-order valence-electron chi connectivity index (χ0n) is 18.8. The summed E-state index contributed by atoms with van der Waals surface area (Å²) in [5, 5.41) is 9.29. The molecule has 0 saturated carbocycles. The monoisotopic (exact) mass is 502 g/mol. The number of halogens is 3. The summed E-state index contributed by atoms with van der Waals surface area (Å²) >= 11 is -1.72. The Morgan fingerprint density at radius 1 is 0.903 bits per heavy atom. The molecule has 0 heterocycles. The predicted octanol–water partition coefficient (Wildman–Crippen LogP) is 7.36. The van der Waals surface area contributed by atoms with Gasteiger partial charge in [-0.3, -0.25) is 9.59 Å². The van der Waals surface area contributed by atoms with Gasteiger partial charge in [-0.15, -0.1) is 0 Å². The first-order valence-electron chi connectivity index (χ1n) is 9.98. The Balaban J connectivity index is 0.000000504. The lowest BCUT2D eigenvalue weighted by Gasteiger charge is -2.13. The number of carbonyl (C=O) groups is 2. The van der Waals surface area contributed by atoms with Crippen molar-refractivity contribution in [2.45, 2.75) is 60.5 Å². The number of phenolic OH excluding ortho intramolecular Hbond substituents is 1. The van der Waals surface area contributed by atoms with E-state index < -0.39 is 11.4 Å². The molecule has 0 bridgehead atoms. The van der Waals surface area contributed by atoms with E-state index in [1.54, 1.807) is 26.0 Å². The molecule has 0 atom stereocenters. The van der Waals surface area contributed by atoms with Crippen molar-refractivity contribution in [2.75, 3.05) is 0 Å². The molecule has 2 rings (SSSR count). The molecule has 0 aliphatic heterocycles. The molecule has 170 valence electrons. The van der Waals surface area contributed by atoms with Crippen LogP contribution in [-0.2, 0) is 0 Å². The molecule has 0 amide bonds. The topological polar surface area (TPSA) is 63.6 Å². The van der Waals surface area contributed by atoms with Crippen LogP contribution in [0.15, 0.2) is 36.4 Å². The van der Waals surface area contributed by atoms with Crippen molar-refractivity contribution in [1.82, 2.24) is 0 Å². The van der Waals surface area contributed by atoms with Crippen molar-refractivity contribution in [2.24, 2.45) is 0 Å². The standard InChI is InChI=1S/C13H18O2.C10H12O2.Al.3ClH/c1-5-12(14)11-7-6-10(4)13(8-11)15-9(2)3;1-3-9(11)8-5-4-7(2)10(12)6-8;;;;/h6-9H,5H2,1-4H3;4-6,12H,3H2,1-2H3;;3*1H/q;;+3;;;/p-3. The number of Topliss-reactive ketones (excluding diaryl/α,β-unsaturated/α-hetero) is 2. The fraction of sp³-hybridized carbons (Fsp3) is 0.391. The maximum absolute atomic E-state index is 11.5. The first kappa shape index (κ1) is 29.8. The van der Waals surface area contributed by atoms with Crippen molar-refractivity contribution >= 4 is 53.1 Å². The molecule has 0 saturated heterocycles. The predicted molar refractivity (Wildman–Crippen MR) is 132 cm³/mol. The van der Waals surface area contributed by atoms with Gasteiger partial charge in [-0.1, -0.05) is 38.1 Å². The third kappa shape index (κ3) is 12.4. The number of phenols is 1. The van der Waals surface area contributed by atoms with Gasteiger partial charge in [-0.05, 0) is 51.0 Å². The van der Waals surface area contributed by atoms with E-state index >= 15 is 0 Å². The number of ketones is 2. The summed E-state index contributed by atoms with van der Waals surface area (Å²) in [6.07, 6.45) is 1.14. The zero-order chi connectivity index (χ0) is 24.1. The van der Waals surface area contributed by atoms with Crippen LogP contribution in [-0.4, -0.2) is 34.2 Å². The van der Waals surface area contributed by atoms with Gasteiger partial charge in [0.15, 0.2) is 11.6 Å². The van der Waals surface area contributed by atoms with Gasteiger partial charge in [0.2, 0.25) is 0 Å². The Labute approximate surface area is 202 Å². The number of aryl methyl sites for hydroxylation is 2. The van der Waals surface area contributed by atoms with Gasteiger partial charge >= 0.3 is 11.4 Å². The van der Waals surface area contributed by atoms with Gasteiger partial charge in [-0.2, -0.15) is 0 Å². The van der Waals surface area contributed by atoms with Crippen molar-refractivity contribution < 1.29 is 19.4 Å². The van der Waals surface area contributed by atoms with E-state index in [9.17, 15) is 14.7 Å². The Kier molecular flexibility index (Phi) is 15.0. The average Bonchev–Trinajstić information content (AvgIpc) is 2.70. The highest BCUT2D eigenvalue weighted by Crippen LogP contribution is 2.21. The number of aromatic hydroxyl groups is 1. The molecule has 0 fully saturated rings. The van der Waals surface area contributed by atoms with Gasteiger partial charge in [0.25, 0.3) is 0 Å². The smallest absolute Gasteiger partial charge is 0.508 e. The largest absolute Gasteiger partial charge is 0.643 e. The molecule has 0 aliphatic rings. The van der Waals surface area contributed by atoms with E-state index in [1.807, 2.05) is 45.9 Å². The molecule has 0 aliphatic carbocycles. The van der Waals surface area contributed by atoms with Crippen LogP contribution in [0.25, 0.3) is 0 Å². The van der Waals surface area contributed by atoms with E-state index in [2.05, 4.69) is 0 Å². The number of hydrogen-bond donors (Lipinski definition) is 1. The molecule has 0 unspecified atom stereocenters. The van der Waals surface area contributed by atoms with Crippen LogP contribution in [0.2, 0.25) is 0 Å². The van der Waals surface area contributed by atoms with Crippen molar-refractivity contribution in [3.8, 4) is 11.5 Å². The quantitative estimate of drug-likeness (QED) is 0.330. The Hall–Kier alpha value is -1.22. The normalized spacial score (nSPS) is 9.74. The maximum atomic E-state index is 11.5. The fourth-order valence-electron chi connectivity index (χ4n) is 2.35. The SMILES string of the molecule is CCC(=O)c1ccc(C)c(O)c1.CCC(=O)c1ccc(C)c(OC(C)C)c1.[Cl][Al]([Cl])[Cl]. The summed E-state index contributed by atoms with van der Waals surface area (Å²) in [5.41, 5.74) is 3.18.